The second-order valence-corrected chi connectivity index (χ2v) is 11.8. The maximum atomic E-state index is 13.2. The molecule has 0 unspecified atom stereocenters. The molecule has 0 radical (unpaired) electrons. The van der Waals surface area contributed by atoms with Crippen molar-refractivity contribution in [3.05, 3.63) is 140 Å². The molecule has 0 spiro atoms. The number of benzene rings is 3. The van der Waals surface area contributed by atoms with E-state index in [0.717, 1.165) is 28.8 Å². The molecule has 0 aliphatic carbocycles. The van der Waals surface area contributed by atoms with Crippen LogP contribution in [0.1, 0.15) is 74.7 Å². The van der Waals surface area contributed by atoms with Crippen molar-refractivity contribution in [2.24, 2.45) is 5.41 Å². The second-order valence-electron chi connectivity index (χ2n) is 11.8. The molecule has 4 aromatic rings. The Morgan fingerprint density at radius 1 is 0.854 bits per heavy atom. The van der Waals surface area contributed by atoms with Gasteiger partial charge in [-0.25, -0.2) is 4.79 Å². The van der Waals surface area contributed by atoms with Crippen LogP contribution in [0.25, 0.3) is 0 Å². The topological polar surface area (TPSA) is 73.3 Å². The van der Waals surface area contributed by atoms with Crippen molar-refractivity contribution in [1.29, 1.82) is 0 Å². The number of ether oxygens (including phenoxy) is 2. The minimum absolute atomic E-state index is 0.206. The number of nitrogens with one attached hydrogen (secondary N) is 1. The van der Waals surface area contributed by atoms with Crippen LogP contribution in [0.4, 0.5) is 0 Å². The normalized spacial score (nSPS) is 17.6. The summed E-state index contributed by atoms with van der Waals surface area (Å²) in [6.45, 7) is 8.91. The quantitative estimate of drug-likeness (QED) is 0.262. The third-order valence-corrected chi connectivity index (χ3v) is 8.20. The third kappa shape index (κ3) is 5.72. The van der Waals surface area contributed by atoms with E-state index in [0.29, 0.717) is 31.4 Å². The molecule has 0 amide bonds. The van der Waals surface area contributed by atoms with Gasteiger partial charge in [0.2, 0.25) is 0 Å². The summed E-state index contributed by atoms with van der Waals surface area (Å²) < 4.78 is 15.2. The van der Waals surface area contributed by atoms with Crippen LogP contribution in [-0.2, 0) is 27.9 Å². The lowest BCUT2D eigenvalue weighted by molar-refractivity contribution is -0.132. The largest absolute Gasteiger partial charge is 0.362 e. The summed E-state index contributed by atoms with van der Waals surface area (Å²) in [5.74, 6) is 0. The van der Waals surface area contributed by atoms with Crippen molar-refractivity contribution in [3.63, 3.8) is 0 Å². The summed E-state index contributed by atoms with van der Waals surface area (Å²) >= 11 is 0. The van der Waals surface area contributed by atoms with Crippen molar-refractivity contribution in [2.75, 3.05) is 6.61 Å². The van der Waals surface area contributed by atoms with Gasteiger partial charge >= 0.3 is 5.69 Å². The summed E-state index contributed by atoms with van der Waals surface area (Å²) in [6, 6.07) is 30.7. The van der Waals surface area contributed by atoms with Gasteiger partial charge in [-0.05, 0) is 41.4 Å². The molecule has 1 aliphatic heterocycles. The molecule has 0 bridgehead atoms. The van der Waals surface area contributed by atoms with Crippen molar-refractivity contribution in [3.8, 4) is 0 Å². The van der Waals surface area contributed by atoms with Gasteiger partial charge in [0.1, 0.15) is 11.8 Å². The van der Waals surface area contributed by atoms with Crippen LogP contribution < -0.4 is 11.2 Å². The molecular formula is C35H40N2O4. The van der Waals surface area contributed by atoms with Crippen LogP contribution in [0.15, 0.2) is 101 Å². The molecule has 1 fully saturated rings. The molecule has 1 saturated heterocycles. The van der Waals surface area contributed by atoms with Gasteiger partial charge in [0.25, 0.3) is 5.56 Å². The highest BCUT2D eigenvalue weighted by Crippen LogP contribution is 2.48. The fourth-order valence-corrected chi connectivity index (χ4v) is 6.26. The van der Waals surface area contributed by atoms with E-state index < -0.39 is 17.5 Å². The summed E-state index contributed by atoms with van der Waals surface area (Å²) in [5, 5.41) is 0. The van der Waals surface area contributed by atoms with Crippen LogP contribution in [0, 0.1) is 5.41 Å². The Morgan fingerprint density at radius 3 is 1.95 bits per heavy atom. The lowest BCUT2D eigenvalue weighted by atomic mass is 9.68. The number of aromatic nitrogens is 2. The number of aromatic amines is 1. The highest BCUT2D eigenvalue weighted by Gasteiger charge is 2.47. The number of hydrogen-bond donors (Lipinski definition) is 1. The highest BCUT2D eigenvalue weighted by atomic mass is 16.6. The average Bonchev–Trinajstić information content (AvgIpc) is 3.43. The lowest BCUT2D eigenvalue weighted by Gasteiger charge is -2.46. The van der Waals surface area contributed by atoms with Crippen LogP contribution in [0.2, 0.25) is 0 Å². The Bertz CT molecular complexity index is 1510. The molecule has 214 valence electrons. The number of H-pyrrole nitrogens is 1. The first kappa shape index (κ1) is 28.8. The summed E-state index contributed by atoms with van der Waals surface area (Å²) in [7, 11) is 0. The van der Waals surface area contributed by atoms with E-state index in [1.54, 1.807) is 4.57 Å². The van der Waals surface area contributed by atoms with Gasteiger partial charge in [0.15, 0.2) is 0 Å². The molecule has 1 aromatic heterocycles. The minimum atomic E-state index is -0.709. The zero-order valence-electron chi connectivity index (χ0n) is 24.4. The van der Waals surface area contributed by atoms with Crippen molar-refractivity contribution in [2.45, 2.75) is 71.3 Å². The Morgan fingerprint density at radius 2 is 1.41 bits per heavy atom. The van der Waals surface area contributed by atoms with Gasteiger partial charge in [0, 0.05) is 17.7 Å². The van der Waals surface area contributed by atoms with Gasteiger partial charge in [-0.3, -0.25) is 14.3 Å². The van der Waals surface area contributed by atoms with Crippen molar-refractivity contribution < 1.29 is 9.47 Å². The van der Waals surface area contributed by atoms with Crippen molar-refractivity contribution in [1.82, 2.24) is 9.55 Å². The molecule has 1 N–H and O–H groups in total. The minimum Gasteiger partial charge on any atom is -0.362 e. The molecule has 6 nitrogen and oxygen atoms in total. The van der Waals surface area contributed by atoms with Gasteiger partial charge in [-0.15, -0.1) is 0 Å². The van der Waals surface area contributed by atoms with Crippen LogP contribution in [-0.4, -0.2) is 22.3 Å². The first-order valence-electron chi connectivity index (χ1n) is 14.6. The molecular weight excluding hydrogens is 512 g/mol. The van der Waals surface area contributed by atoms with Crippen LogP contribution in [0.3, 0.4) is 0 Å². The summed E-state index contributed by atoms with van der Waals surface area (Å²) in [5.41, 5.74) is 2.82. The van der Waals surface area contributed by atoms with Crippen LogP contribution in [0.5, 0.6) is 0 Å². The average molecular weight is 553 g/mol. The van der Waals surface area contributed by atoms with E-state index in [1.165, 1.54) is 0 Å². The van der Waals surface area contributed by atoms with E-state index in [9.17, 15) is 9.59 Å². The van der Waals surface area contributed by atoms with Gasteiger partial charge in [-0.1, -0.05) is 119 Å². The van der Waals surface area contributed by atoms with Gasteiger partial charge < -0.3 is 9.47 Å². The molecule has 2 heterocycles. The number of hydrogen-bond acceptors (Lipinski definition) is 4. The van der Waals surface area contributed by atoms with E-state index in [2.05, 4.69) is 50.0 Å². The fourth-order valence-electron chi connectivity index (χ4n) is 6.26. The highest BCUT2D eigenvalue weighted by molar-refractivity contribution is 5.39. The maximum Gasteiger partial charge on any atom is 0.330 e. The van der Waals surface area contributed by atoms with Gasteiger partial charge in [-0.2, -0.15) is 0 Å². The van der Waals surface area contributed by atoms with E-state index >= 15 is 0 Å². The smallest absolute Gasteiger partial charge is 0.330 e. The Hall–Kier alpha value is -3.74. The molecule has 0 saturated carbocycles. The Labute approximate surface area is 242 Å². The first-order valence-corrected chi connectivity index (χ1v) is 14.6. The van der Waals surface area contributed by atoms with Crippen LogP contribution >= 0.6 is 0 Å². The zero-order chi connectivity index (χ0) is 29.0. The monoisotopic (exact) mass is 552 g/mol. The number of rotatable bonds is 9. The molecule has 41 heavy (non-hydrogen) atoms. The first-order chi connectivity index (χ1) is 19.7. The Balaban J connectivity index is 1.45. The van der Waals surface area contributed by atoms with Gasteiger partial charge in [0.05, 0.1) is 12.7 Å². The predicted octanol–water partition coefficient (Wildman–Crippen LogP) is 6.37. The standard InChI is InChI=1S/C35H40N2O4/c1-5-29-30(23-25-15-9-6-10-16-25)37(33(39)36-32(29)38)31-22-21-28(41-31)24-40-35(34(2,3)4,26-17-11-7-12-18-26)27-19-13-8-14-20-27/h6-20,28,31H,5,21-24H2,1-4H3,(H,36,38,39)/t28-,31+/m0/s1. The SMILES string of the molecule is CCc1c(Cc2ccccc2)n([C@H]2CC[C@@H](COC(c3ccccc3)(c3ccccc3)C(C)(C)C)O2)c(=O)[nH]c1=O. The van der Waals surface area contributed by atoms with E-state index in [1.807, 2.05) is 73.7 Å². The summed E-state index contributed by atoms with van der Waals surface area (Å²) in [6.07, 6.45) is 1.73. The third-order valence-electron chi connectivity index (χ3n) is 8.20. The maximum absolute atomic E-state index is 13.2. The molecule has 6 heteroatoms. The molecule has 1 aliphatic rings. The predicted molar refractivity (Wildman–Crippen MR) is 162 cm³/mol. The zero-order valence-corrected chi connectivity index (χ0v) is 24.4. The lowest BCUT2D eigenvalue weighted by Crippen LogP contribution is -2.45. The summed E-state index contributed by atoms with van der Waals surface area (Å²) in [4.78, 5) is 28.5. The molecule has 2 atom stereocenters. The van der Waals surface area contributed by atoms with E-state index in [-0.39, 0.29) is 17.1 Å². The second kappa shape index (κ2) is 12.0. The molecule has 5 rings (SSSR count). The van der Waals surface area contributed by atoms with Crippen molar-refractivity contribution >= 4 is 0 Å². The fraction of sp³-hybridized carbons (Fsp3) is 0.371. The van der Waals surface area contributed by atoms with E-state index in [4.69, 9.17) is 9.47 Å². The number of nitrogens with zero attached hydrogens (tertiary/aromatic N) is 1. The molecule has 3 aromatic carbocycles. The Kier molecular flexibility index (Phi) is 8.43.